The van der Waals surface area contributed by atoms with Crippen LogP contribution in [0.4, 0.5) is 18.9 Å². The molecule has 3 atom stereocenters. The summed E-state index contributed by atoms with van der Waals surface area (Å²) >= 11 is 6.21. The first-order valence-corrected chi connectivity index (χ1v) is 12.9. The van der Waals surface area contributed by atoms with Gasteiger partial charge in [0.1, 0.15) is 34.4 Å². The van der Waals surface area contributed by atoms with Crippen molar-refractivity contribution in [1.29, 1.82) is 5.26 Å². The van der Waals surface area contributed by atoms with Gasteiger partial charge in [-0.05, 0) is 83.9 Å². The first kappa shape index (κ1) is 26.4. The van der Waals surface area contributed by atoms with Crippen molar-refractivity contribution >= 4 is 29.1 Å². The van der Waals surface area contributed by atoms with Gasteiger partial charge in [0.05, 0.1) is 17.7 Å². The fraction of sp³-hybridized carbons (Fsp3) is 0.129. The highest BCUT2D eigenvalue weighted by molar-refractivity contribution is 6.31. The molecule has 2 N–H and O–H groups in total. The number of hydrogen-bond acceptors (Lipinski definition) is 4. The van der Waals surface area contributed by atoms with Crippen LogP contribution < -0.4 is 15.4 Å². The van der Waals surface area contributed by atoms with E-state index in [-0.39, 0.29) is 23.3 Å². The van der Waals surface area contributed by atoms with Gasteiger partial charge in [0.15, 0.2) is 0 Å². The Kier molecular flexibility index (Phi) is 6.43. The van der Waals surface area contributed by atoms with Crippen molar-refractivity contribution in [2.24, 2.45) is 0 Å². The standard InChI is InChI=1S/C31H19ClF3N3O3/c32-17-3-8-23-26(11-17)37-30(40)31(23)24(21-12-18(33)4-9-25(21)35)14-28(39)38-29(31)22-13-19(34)5-10-27(22)41-20-6-1-16(15-36)2-7-20/h1-13,24,29H,14H2,(H,37,40)(H,38,39)/t24-,29+,31-/m0/s1. The minimum atomic E-state index is -1.75. The molecular weight excluding hydrogens is 555 g/mol. The summed E-state index contributed by atoms with van der Waals surface area (Å²) in [5.74, 6) is -4.16. The molecule has 0 radical (unpaired) electrons. The molecule has 0 saturated carbocycles. The summed E-state index contributed by atoms with van der Waals surface area (Å²) in [6, 6.07) is 18.1. The van der Waals surface area contributed by atoms with Crippen LogP contribution in [0.1, 0.15) is 40.6 Å². The average Bonchev–Trinajstić information content (AvgIpc) is 3.23. The van der Waals surface area contributed by atoms with Gasteiger partial charge in [-0.2, -0.15) is 5.26 Å². The predicted octanol–water partition coefficient (Wildman–Crippen LogP) is 6.66. The number of halogens is 4. The number of nitriles is 1. The average molecular weight is 574 g/mol. The summed E-state index contributed by atoms with van der Waals surface area (Å²) in [5, 5.41) is 15.0. The maximum Gasteiger partial charge on any atom is 0.238 e. The molecule has 0 unspecified atom stereocenters. The molecule has 1 fully saturated rings. The molecule has 41 heavy (non-hydrogen) atoms. The van der Waals surface area contributed by atoms with E-state index in [0.717, 1.165) is 30.3 Å². The highest BCUT2D eigenvalue weighted by Crippen LogP contribution is 2.59. The van der Waals surface area contributed by atoms with Crippen molar-refractivity contribution < 1.29 is 27.5 Å². The number of carbonyl (C=O) groups is 2. The molecule has 6 rings (SSSR count). The van der Waals surface area contributed by atoms with E-state index in [1.54, 1.807) is 24.3 Å². The normalized spacial score (nSPS) is 21.1. The van der Waals surface area contributed by atoms with Crippen molar-refractivity contribution in [1.82, 2.24) is 5.32 Å². The number of nitrogens with one attached hydrogen (secondary N) is 2. The molecule has 4 aromatic rings. The number of fused-ring (bicyclic) bond motifs is 2. The number of nitrogens with zero attached hydrogens (tertiary/aromatic N) is 1. The quantitative estimate of drug-likeness (QED) is 0.286. The Morgan fingerprint density at radius 2 is 1.61 bits per heavy atom. The molecule has 2 aliphatic rings. The zero-order chi connectivity index (χ0) is 28.9. The molecule has 6 nitrogen and oxygen atoms in total. The van der Waals surface area contributed by atoms with Crippen LogP contribution in [0.3, 0.4) is 0 Å². The third-order valence-electron chi connectivity index (χ3n) is 7.58. The smallest absolute Gasteiger partial charge is 0.238 e. The Morgan fingerprint density at radius 3 is 2.34 bits per heavy atom. The van der Waals surface area contributed by atoms with Gasteiger partial charge in [-0.15, -0.1) is 0 Å². The van der Waals surface area contributed by atoms with Crippen LogP contribution in [0.25, 0.3) is 0 Å². The summed E-state index contributed by atoms with van der Waals surface area (Å²) in [7, 11) is 0. The number of hydrogen-bond donors (Lipinski definition) is 2. The van der Waals surface area contributed by atoms with Gasteiger partial charge in [-0.3, -0.25) is 9.59 Å². The monoisotopic (exact) mass is 573 g/mol. The molecule has 10 heteroatoms. The molecule has 204 valence electrons. The number of anilines is 1. The molecule has 0 bridgehead atoms. The zero-order valence-corrected chi connectivity index (χ0v) is 21.8. The van der Waals surface area contributed by atoms with Crippen molar-refractivity contribution in [3.63, 3.8) is 0 Å². The summed E-state index contributed by atoms with van der Waals surface area (Å²) in [6.45, 7) is 0. The Labute approximate surface area is 237 Å². The maximum atomic E-state index is 15.3. The number of benzene rings is 4. The highest BCUT2D eigenvalue weighted by atomic mass is 35.5. The lowest BCUT2D eigenvalue weighted by molar-refractivity contribution is -0.131. The fourth-order valence-corrected chi connectivity index (χ4v) is 6.04. The molecule has 2 heterocycles. The zero-order valence-electron chi connectivity index (χ0n) is 21.1. The van der Waals surface area contributed by atoms with Crippen molar-refractivity contribution in [3.8, 4) is 17.6 Å². The van der Waals surface area contributed by atoms with Gasteiger partial charge in [0.2, 0.25) is 11.8 Å². The van der Waals surface area contributed by atoms with Crippen molar-refractivity contribution in [2.45, 2.75) is 23.8 Å². The number of carbonyl (C=O) groups excluding carboxylic acids is 2. The van der Waals surface area contributed by atoms with E-state index in [2.05, 4.69) is 10.6 Å². The maximum absolute atomic E-state index is 15.3. The van der Waals surface area contributed by atoms with Gasteiger partial charge in [-0.1, -0.05) is 17.7 Å². The number of piperidine rings is 1. The van der Waals surface area contributed by atoms with E-state index in [1.807, 2.05) is 6.07 Å². The highest BCUT2D eigenvalue weighted by Gasteiger charge is 2.62. The first-order valence-electron chi connectivity index (χ1n) is 12.5. The summed E-state index contributed by atoms with van der Waals surface area (Å²) in [4.78, 5) is 27.3. The molecule has 0 aliphatic carbocycles. The third kappa shape index (κ3) is 4.37. The Balaban J connectivity index is 1.60. The Morgan fingerprint density at radius 1 is 0.902 bits per heavy atom. The van der Waals surface area contributed by atoms with Gasteiger partial charge in [0.25, 0.3) is 0 Å². The SMILES string of the molecule is N#Cc1ccc(Oc2ccc(F)cc2[C@H]2NC(=O)C[C@@H](c3cc(F)ccc3F)[C@]23C(=O)Nc2cc(Cl)ccc23)cc1. The molecule has 1 spiro atoms. The lowest BCUT2D eigenvalue weighted by Gasteiger charge is -2.46. The minimum absolute atomic E-state index is 0.0992. The van der Waals surface area contributed by atoms with Crippen molar-refractivity contribution in [3.05, 3.63) is 124 Å². The van der Waals surface area contributed by atoms with Crippen LogP contribution in [0.2, 0.25) is 5.02 Å². The topological polar surface area (TPSA) is 91.2 Å². The number of amides is 2. The van der Waals surface area contributed by atoms with E-state index in [0.29, 0.717) is 27.6 Å². The van der Waals surface area contributed by atoms with E-state index in [4.69, 9.17) is 21.6 Å². The second kappa shape index (κ2) is 9.98. The molecule has 1 saturated heterocycles. The Hall–Kier alpha value is -4.81. The van der Waals surface area contributed by atoms with E-state index >= 15 is 4.39 Å². The predicted molar refractivity (Wildman–Crippen MR) is 144 cm³/mol. The third-order valence-corrected chi connectivity index (χ3v) is 7.81. The van der Waals surface area contributed by atoms with Crippen LogP contribution in [0.5, 0.6) is 11.5 Å². The molecule has 0 aromatic heterocycles. The second-order valence-corrected chi connectivity index (χ2v) is 10.3. The summed E-state index contributed by atoms with van der Waals surface area (Å²) < 4.78 is 50.8. The lowest BCUT2D eigenvalue weighted by atomic mass is 9.59. The molecular formula is C31H19ClF3N3O3. The molecule has 2 amide bonds. The van der Waals surface area contributed by atoms with Gasteiger partial charge in [0, 0.05) is 28.6 Å². The van der Waals surface area contributed by atoms with Gasteiger partial charge < -0.3 is 15.4 Å². The second-order valence-electron chi connectivity index (χ2n) is 9.86. The lowest BCUT2D eigenvalue weighted by Crippen LogP contribution is -2.57. The minimum Gasteiger partial charge on any atom is -0.457 e. The van der Waals surface area contributed by atoms with Gasteiger partial charge >= 0.3 is 0 Å². The summed E-state index contributed by atoms with van der Waals surface area (Å²) in [6.07, 6.45) is -0.354. The molecule has 2 aliphatic heterocycles. The van der Waals surface area contributed by atoms with Crippen LogP contribution in [0.15, 0.2) is 78.9 Å². The van der Waals surface area contributed by atoms with E-state index in [1.165, 1.54) is 24.3 Å². The summed E-state index contributed by atoms with van der Waals surface area (Å²) in [5.41, 5.74) is -0.724. The van der Waals surface area contributed by atoms with Crippen LogP contribution in [-0.2, 0) is 15.0 Å². The fourth-order valence-electron chi connectivity index (χ4n) is 5.86. The van der Waals surface area contributed by atoms with Gasteiger partial charge in [-0.25, -0.2) is 13.2 Å². The van der Waals surface area contributed by atoms with Crippen molar-refractivity contribution in [2.75, 3.05) is 5.32 Å². The van der Waals surface area contributed by atoms with E-state index in [9.17, 15) is 18.4 Å². The van der Waals surface area contributed by atoms with Crippen LogP contribution >= 0.6 is 11.6 Å². The number of ether oxygens (including phenoxy) is 1. The number of rotatable bonds is 4. The van der Waals surface area contributed by atoms with Crippen LogP contribution in [-0.4, -0.2) is 11.8 Å². The molecule has 4 aromatic carbocycles. The van der Waals surface area contributed by atoms with E-state index < -0.39 is 46.6 Å². The Bertz CT molecular complexity index is 1770. The first-order chi connectivity index (χ1) is 19.7. The van der Waals surface area contributed by atoms with Crippen LogP contribution in [0, 0.1) is 28.8 Å². The largest absolute Gasteiger partial charge is 0.457 e.